The van der Waals surface area contributed by atoms with Crippen LogP contribution in [0.4, 0.5) is 0 Å². The van der Waals surface area contributed by atoms with Crippen molar-refractivity contribution in [1.29, 1.82) is 0 Å². The van der Waals surface area contributed by atoms with Gasteiger partial charge in [0, 0.05) is 0 Å². The molecular formula is C17H34. The Bertz CT molecular complexity index is 151. The molecule has 0 spiro atoms. The first-order chi connectivity index (χ1) is 8.35. The minimum Gasteiger partial charge on any atom is -0.0885 e. The quantitative estimate of drug-likeness (QED) is 0.263. The van der Waals surface area contributed by atoms with Crippen LogP contribution < -0.4 is 0 Å². The molecule has 0 aliphatic carbocycles. The molecule has 0 bridgehead atoms. The Morgan fingerprint density at radius 1 is 0.647 bits per heavy atom. The zero-order valence-corrected chi connectivity index (χ0v) is 12.6. The molecule has 0 saturated heterocycles. The zero-order chi connectivity index (χ0) is 12.8. The summed E-state index contributed by atoms with van der Waals surface area (Å²) in [6.07, 6.45) is 19.2. The molecule has 0 unspecified atom stereocenters. The van der Waals surface area contributed by atoms with E-state index in [9.17, 15) is 0 Å². The monoisotopic (exact) mass is 238 g/mol. The van der Waals surface area contributed by atoms with E-state index in [2.05, 4.69) is 26.8 Å². The van der Waals surface area contributed by atoms with Gasteiger partial charge in [0.05, 0.1) is 0 Å². The number of rotatable bonds is 12. The van der Waals surface area contributed by atoms with E-state index in [4.69, 9.17) is 0 Å². The first-order valence-corrected chi connectivity index (χ1v) is 7.99. The van der Waals surface area contributed by atoms with Crippen molar-refractivity contribution in [3.05, 3.63) is 11.6 Å². The highest BCUT2D eigenvalue weighted by atomic mass is 14.0. The highest BCUT2D eigenvalue weighted by Crippen LogP contribution is 2.17. The molecule has 0 aliphatic rings. The maximum absolute atomic E-state index is 2.36. The van der Waals surface area contributed by atoms with E-state index in [-0.39, 0.29) is 0 Å². The largest absolute Gasteiger partial charge is 0.0885 e. The second kappa shape index (κ2) is 13.8. The van der Waals surface area contributed by atoms with Gasteiger partial charge in [-0.2, -0.15) is 0 Å². The topological polar surface area (TPSA) is 0 Å². The predicted molar refractivity (Wildman–Crippen MR) is 80.5 cm³/mol. The summed E-state index contributed by atoms with van der Waals surface area (Å²) in [7, 11) is 0. The summed E-state index contributed by atoms with van der Waals surface area (Å²) in [5, 5.41) is 0. The lowest BCUT2D eigenvalue weighted by Gasteiger charge is -2.07. The zero-order valence-electron chi connectivity index (χ0n) is 12.6. The van der Waals surface area contributed by atoms with Gasteiger partial charge < -0.3 is 0 Å². The molecule has 0 aliphatic heterocycles. The predicted octanol–water partition coefficient (Wildman–Crippen LogP) is 6.65. The fourth-order valence-corrected chi connectivity index (χ4v) is 2.32. The minimum atomic E-state index is 1.36. The lowest BCUT2D eigenvalue weighted by molar-refractivity contribution is 0.600. The van der Waals surface area contributed by atoms with Crippen LogP contribution in [0.15, 0.2) is 11.6 Å². The molecule has 0 aromatic heterocycles. The average molecular weight is 238 g/mol. The smallest absolute Gasteiger partial charge is 0.0320 e. The van der Waals surface area contributed by atoms with Gasteiger partial charge in [0.25, 0.3) is 0 Å². The van der Waals surface area contributed by atoms with Crippen LogP contribution in [0, 0.1) is 0 Å². The number of unbranched alkanes of at least 4 members (excludes halogenated alkanes) is 8. The van der Waals surface area contributed by atoms with Crippen molar-refractivity contribution in [2.45, 2.75) is 97.8 Å². The van der Waals surface area contributed by atoms with E-state index in [1.54, 1.807) is 5.57 Å². The van der Waals surface area contributed by atoms with Crippen LogP contribution in [0.2, 0.25) is 0 Å². The summed E-state index contributed by atoms with van der Waals surface area (Å²) >= 11 is 0. The Morgan fingerprint density at radius 2 is 1.06 bits per heavy atom. The van der Waals surface area contributed by atoms with Gasteiger partial charge in [0.2, 0.25) is 0 Å². The van der Waals surface area contributed by atoms with Gasteiger partial charge in [-0.15, -0.1) is 0 Å². The van der Waals surface area contributed by atoms with Crippen LogP contribution in [-0.2, 0) is 0 Å². The molecule has 0 fully saturated rings. The third-order valence-corrected chi connectivity index (χ3v) is 3.61. The van der Waals surface area contributed by atoms with Gasteiger partial charge in [-0.3, -0.25) is 0 Å². The van der Waals surface area contributed by atoms with Crippen LogP contribution in [0.1, 0.15) is 97.8 Å². The highest BCUT2D eigenvalue weighted by molar-refractivity contribution is 4.99. The minimum absolute atomic E-state index is 1.36. The van der Waals surface area contributed by atoms with Gasteiger partial charge in [-0.25, -0.2) is 0 Å². The molecular weight excluding hydrogens is 204 g/mol. The maximum atomic E-state index is 2.36. The Balaban J connectivity index is 3.37. The molecule has 0 amide bonds. The molecule has 0 N–H and O–H groups in total. The molecule has 0 nitrogen and oxygen atoms in total. The number of hydrogen-bond acceptors (Lipinski definition) is 0. The number of allylic oxidation sites excluding steroid dienone is 2. The van der Waals surface area contributed by atoms with Crippen molar-refractivity contribution in [3.8, 4) is 0 Å². The van der Waals surface area contributed by atoms with Crippen LogP contribution in [0.25, 0.3) is 0 Å². The summed E-state index contributed by atoms with van der Waals surface area (Å²) in [5.41, 5.74) is 1.71. The van der Waals surface area contributed by atoms with Crippen LogP contribution in [0.3, 0.4) is 0 Å². The van der Waals surface area contributed by atoms with Gasteiger partial charge in [0.15, 0.2) is 0 Å². The van der Waals surface area contributed by atoms with Crippen LogP contribution >= 0.6 is 0 Å². The van der Waals surface area contributed by atoms with Gasteiger partial charge in [0.1, 0.15) is 0 Å². The highest BCUT2D eigenvalue weighted by Gasteiger charge is 1.97. The summed E-state index contributed by atoms with van der Waals surface area (Å²) < 4.78 is 0. The molecule has 0 radical (unpaired) electrons. The second-order valence-electron chi connectivity index (χ2n) is 5.28. The Morgan fingerprint density at radius 3 is 1.41 bits per heavy atom. The fourth-order valence-electron chi connectivity index (χ4n) is 2.32. The molecule has 0 rings (SSSR count). The third kappa shape index (κ3) is 12.0. The molecule has 0 atom stereocenters. The van der Waals surface area contributed by atoms with Gasteiger partial charge in [-0.1, -0.05) is 76.9 Å². The molecule has 17 heavy (non-hydrogen) atoms. The van der Waals surface area contributed by atoms with E-state index in [1.165, 1.54) is 77.0 Å². The maximum Gasteiger partial charge on any atom is -0.0320 e. The molecule has 0 heteroatoms. The molecule has 0 saturated carbocycles. The van der Waals surface area contributed by atoms with Crippen LogP contribution in [0.5, 0.6) is 0 Å². The summed E-state index contributed by atoms with van der Waals surface area (Å²) in [6.45, 7) is 6.79. The first kappa shape index (κ1) is 16.7. The molecule has 0 heterocycles. The first-order valence-electron chi connectivity index (χ1n) is 7.99. The summed E-state index contributed by atoms with van der Waals surface area (Å²) in [4.78, 5) is 0. The van der Waals surface area contributed by atoms with E-state index in [0.29, 0.717) is 0 Å². The SMILES string of the molecule is CC=C(CCCCCCC)CCCCCCC. The Labute approximate surface area is 110 Å². The van der Waals surface area contributed by atoms with E-state index < -0.39 is 0 Å². The van der Waals surface area contributed by atoms with E-state index >= 15 is 0 Å². The lowest BCUT2D eigenvalue weighted by Crippen LogP contribution is -1.87. The normalized spacial score (nSPS) is 10.5. The van der Waals surface area contributed by atoms with Crippen molar-refractivity contribution in [2.75, 3.05) is 0 Å². The number of hydrogen-bond donors (Lipinski definition) is 0. The standard InChI is InChI=1S/C17H34/c1-4-7-9-11-13-15-17(6-3)16-14-12-10-8-5-2/h6H,4-5,7-16H2,1-3H3. The fraction of sp³-hybridized carbons (Fsp3) is 0.882. The van der Waals surface area contributed by atoms with Gasteiger partial charge >= 0.3 is 0 Å². The van der Waals surface area contributed by atoms with E-state index in [0.717, 1.165) is 0 Å². The van der Waals surface area contributed by atoms with Crippen molar-refractivity contribution < 1.29 is 0 Å². The van der Waals surface area contributed by atoms with Gasteiger partial charge in [-0.05, 0) is 32.6 Å². The van der Waals surface area contributed by atoms with E-state index in [1.807, 2.05) is 0 Å². The van der Waals surface area contributed by atoms with Crippen molar-refractivity contribution in [1.82, 2.24) is 0 Å². The van der Waals surface area contributed by atoms with Crippen molar-refractivity contribution in [2.24, 2.45) is 0 Å². The molecule has 102 valence electrons. The van der Waals surface area contributed by atoms with Crippen molar-refractivity contribution in [3.63, 3.8) is 0 Å². The molecule has 0 aromatic carbocycles. The Kier molecular flexibility index (Phi) is 13.6. The summed E-state index contributed by atoms with van der Waals surface area (Å²) in [5.74, 6) is 0. The summed E-state index contributed by atoms with van der Waals surface area (Å²) in [6, 6.07) is 0. The lowest BCUT2D eigenvalue weighted by atomic mass is 10.00. The molecule has 0 aromatic rings. The third-order valence-electron chi connectivity index (χ3n) is 3.61. The Hall–Kier alpha value is -0.260. The van der Waals surface area contributed by atoms with Crippen molar-refractivity contribution >= 4 is 0 Å². The van der Waals surface area contributed by atoms with Crippen LogP contribution in [-0.4, -0.2) is 0 Å². The second-order valence-corrected chi connectivity index (χ2v) is 5.28. The average Bonchev–Trinajstić information content (AvgIpc) is 2.36.